The Morgan fingerprint density at radius 1 is 0.771 bits per heavy atom. The van der Waals surface area contributed by atoms with Gasteiger partial charge in [-0.3, -0.25) is 9.36 Å². The van der Waals surface area contributed by atoms with Gasteiger partial charge in [-0.25, -0.2) is 15.0 Å². The Morgan fingerprint density at radius 3 is 2.26 bits per heavy atom. The third kappa shape index (κ3) is 3.49. The van der Waals surface area contributed by atoms with Crippen molar-refractivity contribution in [3.05, 3.63) is 106 Å². The zero-order valence-electron chi connectivity index (χ0n) is 19.6. The average Bonchev–Trinajstić information content (AvgIpc) is 3.14. The highest BCUT2D eigenvalue weighted by atomic mass is 16.1. The summed E-state index contributed by atoms with van der Waals surface area (Å²) >= 11 is 0. The van der Waals surface area contributed by atoms with E-state index in [1.54, 1.807) is 15.5 Å². The van der Waals surface area contributed by atoms with Crippen LogP contribution in [-0.2, 0) is 0 Å². The van der Waals surface area contributed by atoms with Crippen LogP contribution >= 0.6 is 0 Å². The smallest absolute Gasteiger partial charge is 0.268 e. The molecule has 0 amide bonds. The molecule has 0 radical (unpaired) electrons. The first-order valence-corrected chi connectivity index (χ1v) is 11.4. The summed E-state index contributed by atoms with van der Waals surface area (Å²) in [6.07, 6.45) is 1.76. The van der Waals surface area contributed by atoms with E-state index in [1.165, 1.54) is 0 Å². The van der Waals surface area contributed by atoms with Gasteiger partial charge in [-0.1, -0.05) is 59.7 Å². The van der Waals surface area contributed by atoms with Crippen molar-refractivity contribution < 1.29 is 0 Å². The summed E-state index contributed by atoms with van der Waals surface area (Å²) < 4.78 is 3.24. The van der Waals surface area contributed by atoms with Gasteiger partial charge in [-0.15, -0.1) is 0 Å². The molecule has 0 saturated carbocycles. The lowest BCUT2D eigenvalue weighted by Gasteiger charge is -2.10. The minimum absolute atomic E-state index is 0.199. The number of fused-ring (bicyclic) bond motifs is 4. The zero-order chi connectivity index (χ0) is 24.1. The number of hydrogen-bond acceptors (Lipinski definition) is 5. The summed E-state index contributed by atoms with van der Waals surface area (Å²) in [4.78, 5) is 28.4. The molecule has 3 aromatic heterocycles. The second kappa shape index (κ2) is 7.99. The fourth-order valence-electron chi connectivity index (χ4n) is 4.36. The molecule has 0 aliphatic rings. The Morgan fingerprint density at radius 2 is 1.51 bits per heavy atom. The van der Waals surface area contributed by atoms with E-state index in [1.807, 2.05) is 93.6 Å². The van der Waals surface area contributed by atoms with Crippen LogP contribution in [-0.4, -0.2) is 30.4 Å². The number of rotatable bonds is 3. The first-order chi connectivity index (χ1) is 17.0. The maximum atomic E-state index is 13.9. The molecule has 0 N–H and O–H groups in total. The average molecular weight is 459 g/mol. The van der Waals surface area contributed by atoms with E-state index in [2.05, 4.69) is 0 Å². The maximum Gasteiger partial charge on any atom is 0.269 e. The Hall–Kier alpha value is -4.65. The molecule has 0 spiro atoms. The third-order valence-electron chi connectivity index (χ3n) is 6.08. The van der Waals surface area contributed by atoms with Crippen LogP contribution in [0.4, 0.5) is 0 Å². The summed E-state index contributed by atoms with van der Waals surface area (Å²) in [7, 11) is 0. The molecule has 7 heteroatoms. The molecule has 0 saturated heterocycles. The van der Waals surface area contributed by atoms with E-state index in [9.17, 15) is 4.79 Å². The van der Waals surface area contributed by atoms with Crippen LogP contribution in [0.25, 0.3) is 38.9 Å². The van der Waals surface area contributed by atoms with Gasteiger partial charge in [0.15, 0.2) is 11.3 Å². The molecule has 0 aliphatic heterocycles. The maximum absolute atomic E-state index is 13.9. The van der Waals surface area contributed by atoms with Crippen LogP contribution in [0.1, 0.15) is 22.5 Å². The van der Waals surface area contributed by atoms with Gasteiger partial charge in [0.1, 0.15) is 16.7 Å². The highest BCUT2D eigenvalue weighted by Gasteiger charge is 2.21. The molecular formula is C28H22N6O. The van der Waals surface area contributed by atoms with Crippen molar-refractivity contribution in [1.82, 2.24) is 24.2 Å². The fraction of sp³-hybridized carbons (Fsp3) is 0.107. The van der Waals surface area contributed by atoms with Crippen molar-refractivity contribution in [1.29, 1.82) is 0 Å². The summed E-state index contributed by atoms with van der Waals surface area (Å²) in [6.45, 7) is 5.87. The Labute approximate surface area is 201 Å². The minimum Gasteiger partial charge on any atom is -0.268 e. The second-order valence-electron chi connectivity index (χ2n) is 8.69. The van der Waals surface area contributed by atoms with Gasteiger partial charge in [0, 0.05) is 0 Å². The molecule has 0 atom stereocenters. The van der Waals surface area contributed by atoms with Gasteiger partial charge in [0.2, 0.25) is 0 Å². The number of nitrogens with zero attached hydrogens (tertiary/aromatic N) is 6. The topological polar surface area (TPSA) is 78.0 Å². The van der Waals surface area contributed by atoms with E-state index in [-0.39, 0.29) is 5.56 Å². The van der Waals surface area contributed by atoms with Gasteiger partial charge in [0.05, 0.1) is 22.9 Å². The number of para-hydroxylation sites is 2. The van der Waals surface area contributed by atoms with Crippen molar-refractivity contribution in [2.75, 3.05) is 0 Å². The van der Waals surface area contributed by atoms with Crippen LogP contribution in [0.2, 0.25) is 0 Å². The van der Waals surface area contributed by atoms with Crippen LogP contribution in [0.5, 0.6) is 0 Å². The number of benzene rings is 3. The molecule has 0 fully saturated rings. The van der Waals surface area contributed by atoms with Crippen molar-refractivity contribution in [3.8, 4) is 5.69 Å². The lowest BCUT2D eigenvalue weighted by Crippen LogP contribution is -2.22. The molecule has 7 nitrogen and oxygen atoms in total. The van der Waals surface area contributed by atoms with E-state index >= 15 is 0 Å². The van der Waals surface area contributed by atoms with Crippen LogP contribution in [0.15, 0.2) is 82.7 Å². The van der Waals surface area contributed by atoms with Crippen molar-refractivity contribution in [3.63, 3.8) is 0 Å². The van der Waals surface area contributed by atoms with Crippen LogP contribution < -0.4 is 5.56 Å². The summed E-state index contributed by atoms with van der Waals surface area (Å²) in [5, 5.41) is 5.11. The molecule has 6 aromatic rings. The molecule has 0 bridgehead atoms. The predicted octanol–water partition coefficient (Wildman–Crippen LogP) is 5.09. The second-order valence-corrected chi connectivity index (χ2v) is 8.69. The monoisotopic (exact) mass is 458 g/mol. The van der Waals surface area contributed by atoms with Gasteiger partial charge < -0.3 is 0 Å². The number of hydrogen-bond donors (Lipinski definition) is 0. The first-order valence-electron chi connectivity index (χ1n) is 11.4. The van der Waals surface area contributed by atoms with E-state index in [0.717, 1.165) is 27.9 Å². The highest BCUT2D eigenvalue weighted by Crippen LogP contribution is 2.26. The lowest BCUT2D eigenvalue weighted by atomic mass is 10.2. The third-order valence-corrected chi connectivity index (χ3v) is 6.08. The molecule has 3 aromatic carbocycles. The van der Waals surface area contributed by atoms with Gasteiger partial charge in [0.25, 0.3) is 5.56 Å². The lowest BCUT2D eigenvalue weighted by molar-refractivity contribution is 0.865. The van der Waals surface area contributed by atoms with Gasteiger partial charge in [-0.05, 0) is 50.6 Å². The van der Waals surface area contributed by atoms with Crippen molar-refractivity contribution in [2.24, 2.45) is 5.10 Å². The van der Waals surface area contributed by atoms with E-state index in [0.29, 0.717) is 33.5 Å². The van der Waals surface area contributed by atoms with Crippen molar-refractivity contribution in [2.45, 2.75) is 20.8 Å². The van der Waals surface area contributed by atoms with E-state index < -0.39 is 0 Å². The molecule has 35 heavy (non-hydrogen) atoms. The summed E-state index contributed by atoms with van der Waals surface area (Å²) in [5.41, 5.74) is 6.61. The number of aromatic nitrogens is 5. The fourth-order valence-corrected chi connectivity index (χ4v) is 4.36. The largest absolute Gasteiger partial charge is 0.269 e. The Balaban J connectivity index is 1.70. The Bertz CT molecular complexity index is 1840. The normalized spacial score (nSPS) is 11.9. The molecule has 0 unspecified atom stereocenters. The standard InChI is InChI=1S/C28H22N6O/c1-17-11-13-21(14-12-17)33-19(3)30-26-24(28(33)35)25-27(32-23-10-5-4-9-22(23)31-25)34(26)29-16-20-8-6-7-18(2)15-20/h4-16H,1-3H3/b29-16-. The van der Waals surface area contributed by atoms with Crippen LogP contribution in [0, 0.1) is 20.8 Å². The quantitative estimate of drug-likeness (QED) is 0.346. The molecule has 3 heterocycles. The van der Waals surface area contributed by atoms with Gasteiger partial charge in [-0.2, -0.15) is 9.78 Å². The predicted molar refractivity (Wildman–Crippen MR) is 140 cm³/mol. The van der Waals surface area contributed by atoms with Gasteiger partial charge >= 0.3 is 0 Å². The molecule has 0 aliphatic carbocycles. The van der Waals surface area contributed by atoms with Crippen LogP contribution in [0.3, 0.4) is 0 Å². The molecular weight excluding hydrogens is 436 g/mol. The summed E-state index contributed by atoms with van der Waals surface area (Å²) in [6, 6.07) is 23.5. The molecule has 6 rings (SSSR count). The van der Waals surface area contributed by atoms with E-state index in [4.69, 9.17) is 20.1 Å². The van der Waals surface area contributed by atoms with Crippen molar-refractivity contribution >= 4 is 39.4 Å². The molecule has 170 valence electrons. The zero-order valence-corrected chi connectivity index (χ0v) is 19.6. The Kier molecular flexibility index (Phi) is 4.77. The summed E-state index contributed by atoms with van der Waals surface area (Å²) in [5.74, 6) is 0.561. The first kappa shape index (κ1) is 20.9. The number of aryl methyl sites for hydroxylation is 3. The highest BCUT2D eigenvalue weighted by molar-refractivity contribution is 6.05. The minimum atomic E-state index is -0.199. The SMILES string of the molecule is Cc1ccc(-n2c(C)nc3c(c2=O)c2nc4ccccc4nc2n3/N=C\c2cccc(C)c2)cc1.